The molecule has 0 saturated carbocycles. The number of dihydropyridines is 1. The fourth-order valence-electron chi connectivity index (χ4n) is 6.28. The van der Waals surface area contributed by atoms with Crippen molar-refractivity contribution in [1.82, 2.24) is 5.32 Å². The van der Waals surface area contributed by atoms with E-state index in [0.717, 1.165) is 16.8 Å². The third kappa shape index (κ3) is 5.26. The molecule has 198 valence electrons. The minimum absolute atomic E-state index is 0.0696. The average molecular weight is 519 g/mol. The van der Waals surface area contributed by atoms with Crippen molar-refractivity contribution in [2.75, 3.05) is 13.7 Å². The highest BCUT2D eigenvalue weighted by molar-refractivity contribution is 6.00. The number of ether oxygens (including phenoxy) is 2. The van der Waals surface area contributed by atoms with Crippen LogP contribution in [0.3, 0.4) is 0 Å². The molecule has 2 unspecified atom stereocenters. The second kappa shape index (κ2) is 11.3. The molecule has 1 N–H and O–H groups in total. The first-order valence-electron chi connectivity index (χ1n) is 13.4. The van der Waals surface area contributed by atoms with Gasteiger partial charge in [-0.2, -0.15) is 5.26 Å². The molecule has 1 aliphatic heterocycles. The molecule has 0 saturated heterocycles. The predicted molar refractivity (Wildman–Crippen MR) is 152 cm³/mol. The van der Waals surface area contributed by atoms with E-state index >= 15 is 0 Å². The zero-order valence-electron chi connectivity index (χ0n) is 23.0. The van der Waals surface area contributed by atoms with E-state index in [-0.39, 0.29) is 18.3 Å². The van der Waals surface area contributed by atoms with Crippen molar-refractivity contribution >= 4 is 5.78 Å². The zero-order valence-corrected chi connectivity index (χ0v) is 23.0. The molecule has 5 heteroatoms. The average Bonchev–Trinajstić information content (AvgIpc) is 2.91. The number of nitriles is 1. The van der Waals surface area contributed by atoms with Crippen molar-refractivity contribution in [2.24, 2.45) is 0 Å². The lowest BCUT2D eigenvalue weighted by Crippen LogP contribution is -2.35. The van der Waals surface area contributed by atoms with Crippen molar-refractivity contribution in [3.05, 3.63) is 123 Å². The van der Waals surface area contributed by atoms with Crippen LogP contribution in [-0.4, -0.2) is 19.5 Å². The van der Waals surface area contributed by atoms with Gasteiger partial charge in [0.1, 0.15) is 12.4 Å². The summed E-state index contributed by atoms with van der Waals surface area (Å²) >= 11 is 0. The molecular weight excluding hydrogens is 484 g/mol. The van der Waals surface area contributed by atoms with E-state index < -0.39 is 5.92 Å². The van der Waals surface area contributed by atoms with Crippen molar-refractivity contribution < 1.29 is 14.3 Å². The molecule has 0 bridgehead atoms. The lowest BCUT2D eigenvalue weighted by Gasteiger charge is -2.37. The largest absolute Gasteiger partial charge is 0.489 e. The zero-order chi connectivity index (χ0) is 27.5. The van der Waals surface area contributed by atoms with Gasteiger partial charge < -0.3 is 14.8 Å². The molecule has 2 aliphatic rings. The van der Waals surface area contributed by atoms with Crippen LogP contribution in [-0.2, 0) is 16.1 Å². The number of rotatable bonds is 7. The van der Waals surface area contributed by atoms with Crippen LogP contribution < -0.4 is 10.1 Å². The maximum absolute atomic E-state index is 14.0. The molecule has 0 fully saturated rings. The third-order valence-electron chi connectivity index (χ3n) is 7.73. The summed E-state index contributed by atoms with van der Waals surface area (Å²) in [5.41, 5.74) is 9.52. The summed E-state index contributed by atoms with van der Waals surface area (Å²) in [6.45, 7) is 7.01. The minimum Gasteiger partial charge on any atom is -0.489 e. The number of carbonyl (C=O) groups is 1. The molecule has 0 aromatic heterocycles. The van der Waals surface area contributed by atoms with Crippen LogP contribution in [0.4, 0.5) is 0 Å². The number of ketones is 1. The van der Waals surface area contributed by atoms with Crippen molar-refractivity contribution in [3.8, 4) is 11.8 Å². The van der Waals surface area contributed by atoms with Gasteiger partial charge in [0, 0.05) is 30.4 Å². The second-order valence-electron chi connectivity index (χ2n) is 10.5. The molecule has 2 atom stereocenters. The van der Waals surface area contributed by atoms with E-state index in [9.17, 15) is 10.1 Å². The number of nitrogens with zero attached hydrogens (tertiary/aromatic N) is 1. The van der Waals surface area contributed by atoms with Gasteiger partial charge in [0.05, 0.1) is 29.9 Å². The minimum atomic E-state index is -0.517. The maximum atomic E-state index is 14.0. The van der Waals surface area contributed by atoms with Crippen molar-refractivity contribution in [3.63, 3.8) is 0 Å². The summed E-state index contributed by atoms with van der Waals surface area (Å²) in [6, 6.07) is 24.5. The van der Waals surface area contributed by atoms with E-state index in [1.807, 2.05) is 54.6 Å². The van der Waals surface area contributed by atoms with Gasteiger partial charge in [-0.3, -0.25) is 4.79 Å². The molecule has 1 aliphatic carbocycles. The van der Waals surface area contributed by atoms with Crippen LogP contribution in [0.25, 0.3) is 0 Å². The van der Waals surface area contributed by atoms with Gasteiger partial charge in [-0.25, -0.2) is 0 Å². The highest BCUT2D eigenvalue weighted by Gasteiger charge is 2.41. The summed E-state index contributed by atoms with van der Waals surface area (Å²) in [7, 11) is 1.62. The lowest BCUT2D eigenvalue weighted by atomic mass is 9.70. The lowest BCUT2D eigenvalue weighted by molar-refractivity contribution is -0.116. The summed E-state index contributed by atoms with van der Waals surface area (Å²) in [6.07, 6.45) is 1.11. The third-order valence-corrected chi connectivity index (χ3v) is 7.73. The Hall–Kier alpha value is -4.14. The molecule has 3 aromatic rings. The normalized spacial score (nSPS) is 18.9. The fraction of sp³-hybridized carbons (Fsp3) is 0.294. The Kier molecular flexibility index (Phi) is 7.67. The number of allylic oxidation sites excluding steroid dienone is 3. The smallest absolute Gasteiger partial charge is 0.162 e. The molecule has 1 heterocycles. The molecule has 39 heavy (non-hydrogen) atoms. The highest BCUT2D eigenvalue weighted by Crippen LogP contribution is 2.48. The van der Waals surface area contributed by atoms with E-state index in [1.165, 1.54) is 22.3 Å². The van der Waals surface area contributed by atoms with Gasteiger partial charge in [0.15, 0.2) is 5.78 Å². The number of aryl methyl sites for hydroxylation is 3. The monoisotopic (exact) mass is 518 g/mol. The Bertz CT molecular complexity index is 1490. The first-order valence-corrected chi connectivity index (χ1v) is 13.4. The maximum Gasteiger partial charge on any atom is 0.162 e. The second-order valence-corrected chi connectivity index (χ2v) is 10.5. The van der Waals surface area contributed by atoms with Gasteiger partial charge in [0.2, 0.25) is 0 Å². The van der Waals surface area contributed by atoms with Crippen LogP contribution in [0, 0.1) is 32.1 Å². The van der Waals surface area contributed by atoms with Gasteiger partial charge in [-0.15, -0.1) is 0 Å². The number of para-hydroxylation sites is 1. The van der Waals surface area contributed by atoms with Gasteiger partial charge >= 0.3 is 0 Å². The van der Waals surface area contributed by atoms with E-state index in [0.29, 0.717) is 42.0 Å². The predicted octanol–water partition coefficient (Wildman–Crippen LogP) is 6.70. The number of methoxy groups -OCH3 is 1. The number of hydrogen-bond acceptors (Lipinski definition) is 5. The number of benzene rings is 3. The molecule has 0 amide bonds. The first-order chi connectivity index (χ1) is 18.9. The Balaban J connectivity index is 1.58. The Morgan fingerprint density at radius 3 is 2.33 bits per heavy atom. The van der Waals surface area contributed by atoms with Crippen LogP contribution in [0.1, 0.15) is 58.1 Å². The summed E-state index contributed by atoms with van der Waals surface area (Å²) in [4.78, 5) is 14.0. The molecule has 0 spiro atoms. The highest BCUT2D eigenvalue weighted by atomic mass is 16.5. The van der Waals surface area contributed by atoms with Gasteiger partial charge in [-0.05, 0) is 61.4 Å². The Morgan fingerprint density at radius 1 is 0.949 bits per heavy atom. The van der Waals surface area contributed by atoms with Crippen LogP contribution >= 0.6 is 0 Å². The standard InChI is InChI=1S/C34H34N2O3/c1-21-14-22(2)32(23(3)15-21)25-16-28-34(30(37)17-25)33(27(18-35)29(36-28)20-38-4)26-12-8-9-13-31(26)39-19-24-10-6-5-7-11-24/h5-15,25,33,36H,16-17,19-20H2,1-4H3. The summed E-state index contributed by atoms with van der Waals surface area (Å²) in [5.74, 6) is 0.295. The number of nitrogens with one attached hydrogen (secondary N) is 1. The number of carbonyl (C=O) groups excluding carboxylic acids is 1. The molecule has 3 aromatic carbocycles. The quantitative estimate of drug-likeness (QED) is 0.377. The molecule has 5 nitrogen and oxygen atoms in total. The van der Waals surface area contributed by atoms with E-state index in [2.05, 4.69) is 44.3 Å². The van der Waals surface area contributed by atoms with Crippen molar-refractivity contribution in [1.29, 1.82) is 5.26 Å². The Labute approximate surface area is 230 Å². The fourth-order valence-corrected chi connectivity index (χ4v) is 6.28. The van der Waals surface area contributed by atoms with E-state index in [4.69, 9.17) is 9.47 Å². The number of Topliss-reactive ketones (excluding diaryl/α,β-unsaturated/α-hetero) is 1. The van der Waals surface area contributed by atoms with Gasteiger partial charge in [0.25, 0.3) is 0 Å². The first kappa shape index (κ1) is 26.5. The summed E-state index contributed by atoms with van der Waals surface area (Å²) in [5, 5.41) is 13.8. The van der Waals surface area contributed by atoms with Crippen LogP contribution in [0.2, 0.25) is 0 Å². The molecular formula is C34H34N2O3. The summed E-state index contributed by atoms with van der Waals surface area (Å²) < 4.78 is 11.8. The molecule has 0 radical (unpaired) electrons. The van der Waals surface area contributed by atoms with Crippen LogP contribution in [0.15, 0.2) is 89.3 Å². The van der Waals surface area contributed by atoms with Crippen LogP contribution in [0.5, 0.6) is 5.75 Å². The SMILES string of the molecule is COCC1=C(C#N)C(c2ccccc2OCc2ccccc2)C2=C(CC(c3c(C)cc(C)cc3C)CC2=O)N1. The molecule has 5 rings (SSSR count). The number of hydrogen-bond donors (Lipinski definition) is 1. The van der Waals surface area contributed by atoms with Crippen molar-refractivity contribution in [2.45, 2.75) is 52.1 Å². The van der Waals surface area contributed by atoms with E-state index in [1.54, 1.807) is 7.11 Å². The van der Waals surface area contributed by atoms with Gasteiger partial charge in [-0.1, -0.05) is 66.2 Å². The Morgan fingerprint density at radius 2 is 1.64 bits per heavy atom. The topological polar surface area (TPSA) is 71.3 Å².